The van der Waals surface area contributed by atoms with Gasteiger partial charge in [-0.25, -0.2) is 4.98 Å². The van der Waals surface area contributed by atoms with Gasteiger partial charge in [0.25, 0.3) is 5.91 Å². The van der Waals surface area contributed by atoms with E-state index in [2.05, 4.69) is 40.6 Å². The molecular weight excluding hydrogens is 260 g/mol. The summed E-state index contributed by atoms with van der Waals surface area (Å²) in [4.78, 5) is 16.2. The number of amides is 1. The summed E-state index contributed by atoms with van der Waals surface area (Å²) in [5.41, 5.74) is 0. The number of hydrogen-bond acceptors (Lipinski definition) is 4. The van der Waals surface area contributed by atoms with E-state index < -0.39 is 0 Å². The molecule has 0 fully saturated rings. The molecule has 1 aromatic rings. The largest absolute Gasteiger partial charge is 0.348 e. The molecule has 108 valence electrons. The van der Waals surface area contributed by atoms with Gasteiger partial charge in [-0.1, -0.05) is 27.7 Å². The van der Waals surface area contributed by atoms with Crippen molar-refractivity contribution in [1.82, 2.24) is 20.5 Å². The molecule has 0 aliphatic carbocycles. The first-order valence-corrected chi connectivity index (χ1v) is 7.96. The summed E-state index contributed by atoms with van der Waals surface area (Å²) in [6.45, 7) is 8.96. The van der Waals surface area contributed by atoms with Crippen molar-refractivity contribution in [3.8, 4) is 0 Å². The van der Waals surface area contributed by atoms with Gasteiger partial charge in [-0.3, -0.25) is 9.89 Å². The second kappa shape index (κ2) is 6.93. The topological polar surface area (TPSA) is 70.7 Å². The predicted octanol–water partition coefficient (Wildman–Crippen LogP) is 2.58. The average molecular weight is 284 g/mol. The van der Waals surface area contributed by atoms with Crippen LogP contribution in [0.2, 0.25) is 0 Å². The SMILES string of the molecule is CCC(CC)(CNC(=O)c1n[nH]c(C(C)C)n1)SC. The van der Waals surface area contributed by atoms with Crippen LogP contribution >= 0.6 is 11.8 Å². The highest BCUT2D eigenvalue weighted by atomic mass is 32.2. The van der Waals surface area contributed by atoms with Gasteiger partial charge in [-0.05, 0) is 19.1 Å². The lowest BCUT2D eigenvalue weighted by Gasteiger charge is -2.29. The number of aromatic amines is 1. The van der Waals surface area contributed by atoms with Crippen LogP contribution in [-0.4, -0.2) is 38.6 Å². The van der Waals surface area contributed by atoms with E-state index in [0.717, 1.165) is 18.7 Å². The Hall–Kier alpha value is -1.04. The van der Waals surface area contributed by atoms with Crippen molar-refractivity contribution < 1.29 is 4.79 Å². The standard InChI is InChI=1S/C13H24N4OS/c1-6-13(7-2,19-5)8-14-12(18)11-15-10(9(3)4)16-17-11/h9H,6-8H2,1-5H3,(H,14,18)(H,15,16,17). The zero-order valence-corrected chi connectivity index (χ0v) is 13.2. The van der Waals surface area contributed by atoms with Crippen molar-refractivity contribution in [3.05, 3.63) is 11.6 Å². The molecule has 0 spiro atoms. The van der Waals surface area contributed by atoms with Gasteiger partial charge in [0.15, 0.2) is 0 Å². The van der Waals surface area contributed by atoms with E-state index in [0.29, 0.717) is 6.54 Å². The van der Waals surface area contributed by atoms with Crippen molar-refractivity contribution in [2.45, 2.75) is 51.2 Å². The Bertz CT molecular complexity index is 404. The van der Waals surface area contributed by atoms with Gasteiger partial charge in [-0.2, -0.15) is 11.8 Å². The zero-order valence-electron chi connectivity index (χ0n) is 12.4. The van der Waals surface area contributed by atoms with Crippen molar-refractivity contribution in [3.63, 3.8) is 0 Å². The van der Waals surface area contributed by atoms with Crippen LogP contribution in [0.4, 0.5) is 0 Å². The first-order valence-electron chi connectivity index (χ1n) is 6.73. The highest BCUT2D eigenvalue weighted by molar-refractivity contribution is 8.00. The van der Waals surface area contributed by atoms with Crippen LogP contribution in [-0.2, 0) is 0 Å². The maximum absolute atomic E-state index is 12.0. The Morgan fingerprint density at radius 1 is 1.42 bits per heavy atom. The van der Waals surface area contributed by atoms with Crippen molar-refractivity contribution in [2.24, 2.45) is 0 Å². The molecule has 0 unspecified atom stereocenters. The molecule has 1 amide bonds. The van der Waals surface area contributed by atoms with Crippen LogP contribution in [0, 0.1) is 0 Å². The lowest BCUT2D eigenvalue weighted by atomic mass is 10.0. The maximum atomic E-state index is 12.0. The highest BCUT2D eigenvalue weighted by Crippen LogP contribution is 2.29. The summed E-state index contributed by atoms with van der Waals surface area (Å²) in [6.07, 6.45) is 4.13. The quantitative estimate of drug-likeness (QED) is 0.807. The first kappa shape index (κ1) is 16.0. The second-order valence-corrected chi connectivity index (χ2v) is 6.25. The number of H-pyrrole nitrogens is 1. The van der Waals surface area contributed by atoms with Crippen LogP contribution in [0.1, 0.15) is 62.9 Å². The number of nitrogens with one attached hydrogen (secondary N) is 2. The van der Waals surface area contributed by atoms with E-state index in [-0.39, 0.29) is 22.4 Å². The molecule has 2 N–H and O–H groups in total. The summed E-state index contributed by atoms with van der Waals surface area (Å²) in [7, 11) is 0. The molecular formula is C13H24N4OS. The minimum Gasteiger partial charge on any atom is -0.348 e. The number of carbonyl (C=O) groups is 1. The molecule has 5 nitrogen and oxygen atoms in total. The van der Waals surface area contributed by atoms with E-state index in [4.69, 9.17) is 0 Å². The minimum atomic E-state index is -0.205. The summed E-state index contributed by atoms with van der Waals surface area (Å²) < 4.78 is 0.104. The zero-order chi connectivity index (χ0) is 14.5. The number of hydrogen-bond donors (Lipinski definition) is 2. The Kier molecular flexibility index (Phi) is 5.85. The van der Waals surface area contributed by atoms with Gasteiger partial charge < -0.3 is 5.32 Å². The molecule has 1 aromatic heterocycles. The molecule has 0 aliphatic heterocycles. The predicted molar refractivity (Wildman–Crippen MR) is 79.6 cm³/mol. The average Bonchev–Trinajstić information content (AvgIpc) is 2.90. The number of carbonyl (C=O) groups excluding carboxylic acids is 1. The molecule has 0 atom stereocenters. The lowest BCUT2D eigenvalue weighted by molar-refractivity contribution is 0.0939. The molecule has 0 aromatic carbocycles. The van der Waals surface area contributed by atoms with Gasteiger partial charge in [0.1, 0.15) is 5.82 Å². The maximum Gasteiger partial charge on any atom is 0.291 e. The Morgan fingerprint density at radius 3 is 2.47 bits per heavy atom. The number of rotatable bonds is 7. The van der Waals surface area contributed by atoms with Crippen molar-refractivity contribution >= 4 is 17.7 Å². The van der Waals surface area contributed by atoms with Crippen molar-refractivity contribution in [2.75, 3.05) is 12.8 Å². The molecule has 0 saturated carbocycles. The fraction of sp³-hybridized carbons (Fsp3) is 0.769. The molecule has 0 saturated heterocycles. The fourth-order valence-corrected chi connectivity index (χ4v) is 2.61. The van der Waals surface area contributed by atoms with Crippen LogP contribution in [0.25, 0.3) is 0 Å². The van der Waals surface area contributed by atoms with Crippen LogP contribution in [0.3, 0.4) is 0 Å². The third-order valence-corrected chi connectivity index (χ3v) is 5.13. The minimum absolute atomic E-state index is 0.104. The first-order chi connectivity index (χ1) is 8.98. The van der Waals surface area contributed by atoms with Crippen LogP contribution < -0.4 is 5.32 Å². The van der Waals surface area contributed by atoms with Crippen LogP contribution in [0.15, 0.2) is 0 Å². The number of aromatic nitrogens is 3. The van der Waals surface area contributed by atoms with E-state index in [9.17, 15) is 4.79 Å². The van der Waals surface area contributed by atoms with E-state index >= 15 is 0 Å². The van der Waals surface area contributed by atoms with E-state index in [1.165, 1.54) is 0 Å². The third-order valence-electron chi connectivity index (χ3n) is 3.55. The molecule has 0 radical (unpaired) electrons. The monoisotopic (exact) mass is 284 g/mol. The highest BCUT2D eigenvalue weighted by Gasteiger charge is 2.26. The Balaban J connectivity index is 2.64. The number of thioether (sulfide) groups is 1. The van der Waals surface area contributed by atoms with Gasteiger partial charge >= 0.3 is 0 Å². The summed E-state index contributed by atoms with van der Waals surface area (Å²) in [5.74, 6) is 1.01. The molecule has 0 bridgehead atoms. The number of nitrogens with zero attached hydrogens (tertiary/aromatic N) is 2. The van der Waals surface area contributed by atoms with Gasteiger partial charge in [0.2, 0.25) is 5.82 Å². The third kappa shape index (κ3) is 3.96. The van der Waals surface area contributed by atoms with E-state index in [1.807, 2.05) is 13.8 Å². The van der Waals surface area contributed by atoms with Crippen molar-refractivity contribution in [1.29, 1.82) is 0 Å². The summed E-state index contributed by atoms with van der Waals surface area (Å²) in [6, 6.07) is 0. The second-order valence-electron chi connectivity index (χ2n) is 4.98. The molecule has 19 heavy (non-hydrogen) atoms. The fourth-order valence-electron chi connectivity index (χ4n) is 1.82. The molecule has 1 rings (SSSR count). The smallest absolute Gasteiger partial charge is 0.291 e. The normalized spacial score (nSPS) is 11.9. The summed E-state index contributed by atoms with van der Waals surface area (Å²) >= 11 is 1.80. The molecule has 6 heteroatoms. The Morgan fingerprint density at radius 2 is 2.05 bits per heavy atom. The van der Waals surface area contributed by atoms with Gasteiger partial charge in [0.05, 0.1) is 0 Å². The molecule has 0 aliphatic rings. The lowest BCUT2D eigenvalue weighted by Crippen LogP contribution is -2.40. The van der Waals surface area contributed by atoms with Gasteiger partial charge in [-0.15, -0.1) is 5.10 Å². The van der Waals surface area contributed by atoms with E-state index in [1.54, 1.807) is 11.8 Å². The van der Waals surface area contributed by atoms with Crippen LogP contribution in [0.5, 0.6) is 0 Å². The van der Waals surface area contributed by atoms with Gasteiger partial charge in [0, 0.05) is 17.2 Å². The summed E-state index contributed by atoms with van der Waals surface area (Å²) in [5, 5.41) is 9.70. The Labute approximate surface area is 119 Å². The molecule has 1 heterocycles.